The molecule has 1 fully saturated rings. The van der Waals surface area contributed by atoms with Crippen molar-refractivity contribution in [3.63, 3.8) is 0 Å². The maximum absolute atomic E-state index is 6.20. The molecule has 0 radical (unpaired) electrons. The lowest BCUT2D eigenvalue weighted by Crippen LogP contribution is -2.41. The molecule has 182 valence electrons. The van der Waals surface area contributed by atoms with Crippen LogP contribution in [0.4, 0.5) is 5.69 Å². The molecule has 36 heavy (non-hydrogen) atoms. The van der Waals surface area contributed by atoms with Crippen LogP contribution in [-0.4, -0.2) is 47.4 Å². The van der Waals surface area contributed by atoms with Crippen molar-refractivity contribution in [2.24, 2.45) is 0 Å². The van der Waals surface area contributed by atoms with E-state index < -0.39 is 0 Å². The van der Waals surface area contributed by atoms with Crippen molar-refractivity contribution in [2.45, 2.75) is 18.3 Å². The van der Waals surface area contributed by atoms with Crippen LogP contribution in [0.25, 0.3) is 22.2 Å². The Morgan fingerprint density at radius 1 is 0.889 bits per heavy atom. The van der Waals surface area contributed by atoms with Crippen LogP contribution in [0.5, 0.6) is 11.5 Å². The molecular weight excluding hydrogens is 448 g/mol. The molecule has 6 rings (SSSR count). The Morgan fingerprint density at radius 3 is 2.44 bits per heavy atom. The predicted molar refractivity (Wildman–Crippen MR) is 144 cm³/mol. The van der Waals surface area contributed by atoms with E-state index in [2.05, 4.69) is 55.7 Å². The van der Waals surface area contributed by atoms with Gasteiger partial charge >= 0.3 is 0 Å². The van der Waals surface area contributed by atoms with Gasteiger partial charge in [-0.1, -0.05) is 30.3 Å². The molecule has 1 aliphatic heterocycles. The van der Waals surface area contributed by atoms with Gasteiger partial charge in [0.2, 0.25) is 0 Å². The molecule has 0 atom stereocenters. The summed E-state index contributed by atoms with van der Waals surface area (Å²) in [7, 11) is 4.05. The molecule has 0 spiro atoms. The smallest absolute Gasteiger partial charge is 0.129 e. The molecule has 0 unspecified atom stereocenters. The number of benzene rings is 3. The molecule has 5 aromatic rings. The molecule has 2 aromatic heterocycles. The van der Waals surface area contributed by atoms with E-state index >= 15 is 0 Å². The van der Waals surface area contributed by atoms with Crippen LogP contribution in [0, 0.1) is 0 Å². The lowest BCUT2D eigenvalue weighted by molar-refractivity contribution is 0.348. The Hall–Kier alpha value is -4.10. The van der Waals surface area contributed by atoms with Gasteiger partial charge in [-0.05, 0) is 61.3 Å². The maximum atomic E-state index is 6.20. The number of nitrogens with one attached hydrogen (secondary N) is 3. The predicted octanol–water partition coefficient (Wildman–Crippen LogP) is 5.48. The number of fused-ring (bicyclic) bond motifs is 1. The van der Waals surface area contributed by atoms with E-state index in [0.29, 0.717) is 0 Å². The van der Waals surface area contributed by atoms with E-state index in [4.69, 9.17) is 9.72 Å². The van der Waals surface area contributed by atoms with Crippen LogP contribution in [0.15, 0.2) is 79.1 Å². The van der Waals surface area contributed by atoms with Gasteiger partial charge in [-0.2, -0.15) is 5.10 Å². The molecule has 0 bridgehead atoms. The number of aromatic amines is 2. The molecule has 0 saturated carbocycles. The highest BCUT2D eigenvalue weighted by atomic mass is 16.5. The normalized spacial score (nSPS) is 15.2. The summed E-state index contributed by atoms with van der Waals surface area (Å²) < 4.78 is 6.20. The van der Waals surface area contributed by atoms with Crippen LogP contribution in [0.2, 0.25) is 0 Å². The Bertz CT molecular complexity index is 1460. The van der Waals surface area contributed by atoms with Gasteiger partial charge in [0.1, 0.15) is 17.3 Å². The van der Waals surface area contributed by atoms with Crippen LogP contribution >= 0.6 is 0 Å². The summed E-state index contributed by atoms with van der Waals surface area (Å²) >= 11 is 0. The third-order valence-corrected chi connectivity index (χ3v) is 7.20. The lowest BCUT2D eigenvalue weighted by atomic mass is 9.72. The molecule has 1 aliphatic rings. The van der Waals surface area contributed by atoms with Crippen LogP contribution in [0.1, 0.15) is 24.2 Å². The molecular formula is C29H30N6O. The summed E-state index contributed by atoms with van der Waals surface area (Å²) in [6, 6.07) is 23.0. The van der Waals surface area contributed by atoms with Crippen LogP contribution in [0.3, 0.4) is 0 Å². The molecule has 3 N–H and O–H groups in total. The lowest BCUT2D eigenvalue weighted by Gasteiger charge is -2.36. The Labute approximate surface area is 210 Å². The molecule has 3 heterocycles. The first-order valence-corrected chi connectivity index (χ1v) is 12.4. The molecule has 7 heteroatoms. The minimum absolute atomic E-state index is 0.166. The monoisotopic (exact) mass is 478 g/mol. The summed E-state index contributed by atoms with van der Waals surface area (Å²) in [6.07, 6.45) is 5.74. The molecule has 7 nitrogen and oxygen atoms in total. The second kappa shape index (κ2) is 9.17. The number of aromatic nitrogens is 4. The average Bonchev–Trinajstić information content (AvgIpc) is 3.60. The summed E-state index contributed by atoms with van der Waals surface area (Å²) in [4.78, 5) is 10.8. The number of anilines is 1. The zero-order chi connectivity index (χ0) is 24.5. The zero-order valence-electron chi connectivity index (χ0n) is 20.6. The Kier molecular flexibility index (Phi) is 5.70. The second-order valence-corrected chi connectivity index (χ2v) is 9.65. The van der Waals surface area contributed by atoms with Crippen molar-refractivity contribution in [3.05, 3.63) is 90.5 Å². The highest BCUT2D eigenvalue weighted by Crippen LogP contribution is 2.40. The van der Waals surface area contributed by atoms with E-state index in [1.807, 2.05) is 62.9 Å². The number of H-pyrrole nitrogens is 2. The number of nitrogens with zero attached hydrogens (tertiary/aromatic N) is 3. The van der Waals surface area contributed by atoms with Gasteiger partial charge in [0.25, 0.3) is 0 Å². The highest BCUT2D eigenvalue weighted by Gasteiger charge is 2.38. The summed E-state index contributed by atoms with van der Waals surface area (Å²) in [5.74, 6) is 2.62. The quantitative estimate of drug-likeness (QED) is 0.301. The standard InChI is InChI=1S/C29H30N6O/c1-35(2)23-4-3-5-24(16-23)36-25-10-11-26-27(17-25)34-28(33-26)29(12-14-30-15-13-29)22-8-6-20(7-9-22)21-18-31-32-19-21/h3-11,16-19,30H,12-15H2,1-2H3,(H,31,32)(H,33,34). The van der Waals surface area contributed by atoms with Gasteiger partial charge in [-0.3, -0.25) is 5.10 Å². The highest BCUT2D eigenvalue weighted by molar-refractivity contribution is 5.77. The van der Waals surface area contributed by atoms with Gasteiger partial charge in [-0.15, -0.1) is 0 Å². The number of rotatable bonds is 6. The third-order valence-electron chi connectivity index (χ3n) is 7.20. The maximum Gasteiger partial charge on any atom is 0.129 e. The van der Waals surface area contributed by atoms with Crippen molar-refractivity contribution in [2.75, 3.05) is 32.1 Å². The fourth-order valence-electron chi connectivity index (χ4n) is 5.15. The van der Waals surface area contributed by atoms with Crippen molar-refractivity contribution >= 4 is 16.7 Å². The van der Waals surface area contributed by atoms with Crippen molar-refractivity contribution in [1.82, 2.24) is 25.5 Å². The fourth-order valence-corrected chi connectivity index (χ4v) is 5.15. The minimum atomic E-state index is -0.166. The van der Waals surface area contributed by atoms with E-state index in [-0.39, 0.29) is 5.41 Å². The minimum Gasteiger partial charge on any atom is -0.457 e. The number of hydrogen-bond donors (Lipinski definition) is 3. The first-order chi connectivity index (χ1) is 17.6. The topological polar surface area (TPSA) is 81.9 Å². The van der Waals surface area contributed by atoms with E-state index in [0.717, 1.165) is 71.1 Å². The molecule has 0 amide bonds. The van der Waals surface area contributed by atoms with Gasteiger partial charge in [0, 0.05) is 43.7 Å². The number of ether oxygens (including phenoxy) is 1. The summed E-state index contributed by atoms with van der Waals surface area (Å²) in [5, 5.41) is 10.5. The van der Waals surface area contributed by atoms with Gasteiger partial charge in [0.15, 0.2) is 0 Å². The van der Waals surface area contributed by atoms with Crippen LogP contribution < -0.4 is 15.0 Å². The first kappa shape index (κ1) is 22.4. The molecule has 1 saturated heterocycles. The summed E-state index contributed by atoms with van der Waals surface area (Å²) in [6.45, 7) is 1.91. The van der Waals surface area contributed by atoms with E-state index in [9.17, 15) is 0 Å². The average molecular weight is 479 g/mol. The SMILES string of the molecule is CN(C)c1cccc(Oc2ccc3nc(C4(c5ccc(-c6cn[nH]c6)cc5)CCNCC4)[nH]c3c2)c1. The first-order valence-electron chi connectivity index (χ1n) is 12.4. The van der Waals surface area contributed by atoms with E-state index in [1.54, 1.807) is 0 Å². The second-order valence-electron chi connectivity index (χ2n) is 9.65. The molecule has 0 aliphatic carbocycles. The van der Waals surface area contributed by atoms with Crippen molar-refractivity contribution in [3.8, 4) is 22.6 Å². The van der Waals surface area contributed by atoms with Gasteiger partial charge in [0.05, 0.1) is 22.6 Å². The van der Waals surface area contributed by atoms with Gasteiger partial charge in [-0.25, -0.2) is 4.98 Å². The Balaban J connectivity index is 1.33. The molecule has 3 aromatic carbocycles. The number of imidazole rings is 1. The van der Waals surface area contributed by atoms with Crippen LogP contribution in [-0.2, 0) is 5.41 Å². The van der Waals surface area contributed by atoms with Crippen molar-refractivity contribution in [1.29, 1.82) is 0 Å². The fraction of sp³-hybridized carbons (Fsp3) is 0.241. The number of hydrogen-bond acceptors (Lipinski definition) is 5. The Morgan fingerprint density at radius 2 is 1.69 bits per heavy atom. The van der Waals surface area contributed by atoms with Crippen molar-refractivity contribution < 1.29 is 4.74 Å². The largest absolute Gasteiger partial charge is 0.457 e. The van der Waals surface area contributed by atoms with Gasteiger partial charge < -0.3 is 19.9 Å². The van der Waals surface area contributed by atoms with E-state index in [1.165, 1.54) is 5.56 Å². The summed E-state index contributed by atoms with van der Waals surface area (Å²) in [5.41, 5.74) is 6.40. The third kappa shape index (κ3) is 4.12. The number of piperidine rings is 1. The zero-order valence-corrected chi connectivity index (χ0v) is 20.6.